The summed E-state index contributed by atoms with van der Waals surface area (Å²) >= 11 is 1.47. The largest absolute Gasteiger partial charge is 0.494 e. The van der Waals surface area contributed by atoms with E-state index in [1.165, 1.54) is 37.4 Å². The molecule has 1 heterocycles. The van der Waals surface area contributed by atoms with Crippen molar-refractivity contribution < 1.29 is 9.53 Å². The van der Waals surface area contributed by atoms with Crippen molar-refractivity contribution in [2.75, 3.05) is 17.7 Å². The minimum absolute atomic E-state index is 0.0347. The molecule has 1 amide bonds. The van der Waals surface area contributed by atoms with E-state index in [-0.39, 0.29) is 5.91 Å². The summed E-state index contributed by atoms with van der Waals surface area (Å²) in [6.07, 6.45) is 4.83. The highest BCUT2D eigenvalue weighted by Gasteiger charge is 2.36. The molecule has 2 aliphatic rings. The zero-order valence-electron chi connectivity index (χ0n) is 14.3. The van der Waals surface area contributed by atoms with Crippen LogP contribution in [0, 0.1) is 0 Å². The average Bonchev–Trinajstić information content (AvgIpc) is 3.54. The van der Waals surface area contributed by atoms with E-state index in [1.54, 1.807) is 0 Å². The van der Waals surface area contributed by atoms with Gasteiger partial charge < -0.3 is 14.6 Å². The van der Waals surface area contributed by atoms with Gasteiger partial charge in [0.15, 0.2) is 5.16 Å². The molecule has 0 saturated heterocycles. The number of amides is 1. The maximum atomic E-state index is 12.2. The van der Waals surface area contributed by atoms with Crippen LogP contribution in [-0.2, 0) is 4.79 Å². The number of thioether (sulfide) groups is 1. The van der Waals surface area contributed by atoms with Crippen molar-refractivity contribution in [2.24, 2.45) is 0 Å². The number of carbonyl (C=O) groups is 1. The molecule has 0 aliphatic heterocycles. The summed E-state index contributed by atoms with van der Waals surface area (Å²) in [5, 5.41) is 12.5. The molecule has 1 N–H and O–H groups in total. The molecule has 0 bridgehead atoms. The number of anilines is 1. The van der Waals surface area contributed by atoms with Crippen molar-refractivity contribution in [3.63, 3.8) is 0 Å². The second-order valence-corrected chi connectivity index (χ2v) is 7.45. The molecule has 4 rings (SSSR count). The standard InChI is InChI=1S/C18H22N4O2S/c1-2-24-15-9-5-13(6-10-15)19-16(23)11-25-18-21-20-17(12-3-4-12)22(18)14-7-8-14/h5-6,9-10,12,14H,2-4,7-8,11H2,1H3,(H,19,23). The molecule has 0 unspecified atom stereocenters. The van der Waals surface area contributed by atoms with Gasteiger partial charge in [0.2, 0.25) is 5.91 Å². The van der Waals surface area contributed by atoms with Gasteiger partial charge in [-0.1, -0.05) is 11.8 Å². The van der Waals surface area contributed by atoms with Crippen molar-refractivity contribution in [3.8, 4) is 5.75 Å². The van der Waals surface area contributed by atoms with E-state index >= 15 is 0 Å². The maximum absolute atomic E-state index is 12.2. The van der Waals surface area contributed by atoms with Crippen LogP contribution in [0.4, 0.5) is 5.69 Å². The minimum atomic E-state index is -0.0347. The van der Waals surface area contributed by atoms with E-state index in [2.05, 4.69) is 20.1 Å². The highest BCUT2D eigenvalue weighted by Crippen LogP contribution is 2.45. The van der Waals surface area contributed by atoms with Crippen molar-refractivity contribution in [1.29, 1.82) is 0 Å². The van der Waals surface area contributed by atoms with Crippen molar-refractivity contribution in [2.45, 2.75) is 49.7 Å². The number of hydrogen-bond donors (Lipinski definition) is 1. The first-order valence-electron chi connectivity index (χ1n) is 8.85. The van der Waals surface area contributed by atoms with Gasteiger partial charge in [-0.15, -0.1) is 10.2 Å². The fourth-order valence-corrected chi connectivity index (χ4v) is 3.62. The summed E-state index contributed by atoms with van der Waals surface area (Å²) in [5.74, 6) is 2.81. The average molecular weight is 358 g/mol. The summed E-state index contributed by atoms with van der Waals surface area (Å²) in [4.78, 5) is 12.2. The van der Waals surface area contributed by atoms with Gasteiger partial charge in [-0.2, -0.15) is 0 Å². The fraction of sp³-hybridized carbons (Fsp3) is 0.500. The summed E-state index contributed by atoms with van der Waals surface area (Å²) in [7, 11) is 0. The van der Waals surface area contributed by atoms with Gasteiger partial charge in [0.05, 0.1) is 12.4 Å². The van der Waals surface area contributed by atoms with Crippen LogP contribution in [0.25, 0.3) is 0 Å². The van der Waals surface area contributed by atoms with Crippen molar-refractivity contribution in [3.05, 3.63) is 30.1 Å². The van der Waals surface area contributed by atoms with Crippen LogP contribution in [0.15, 0.2) is 29.4 Å². The fourth-order valence-electron chi connectivity index (χ4n) is 2.81. The van der Waals surface area contributed by atoms with Gasteiger partial charge in [-0.3, -0.25) is 4.79 Å². The third kappa shape index (κ3) is 3.98. The lowest BCUT2D eigenvalue weighted by Crippen LogP contribution is -2.14. The molecule has 7 heteroatoms. The Hall–Kier alpha value is -2.02. The first kappa shape index (κ1) is 16.4. The van der Waals surface area contributed by atoms with Gasteiger partial charge >= 0.3 is 0 Å². The van der Waals surface area contributed by atoms with Crippen LogP contribution >= 0.6 is 11.8 Å². The Labute approximate surface area is 151 Å². The molecule has 0 atom stereocenters. The summed E-state index contributed by atoms with van der Waals surface area (Å²) in [6.45, 7) is 2.58. The maximum Gasteiger partial charge on any atom is 0.234 e. The molecule has 2 fully saturated rings. The van der Waals surface area contributed by atoms with E-state index in [1.807, 2.05) is 31.2 Å². The van der Waals surface area contributed by atoms with E-state index in [4.69, 9.17) is 4.74 Å². The molecule has 132 valence electrons. The molecule has 2 aromatic rings. The number of aromatic nitrogens is 3. The topological polar surface area (TPSA) is 69.0 Å². The molecule has 0 spiro atoms. The van der Waals surface area contributed by atoms with Crippen molar-refractivity contribution in [1.82, 2.24) is 14.8 Å². The Morgan fingerprint density at radius 1 is 1.24 bits per heavy atom. The summed E-state index contributed by atoms with van der Waals surface area (Å²) in [6, 6.07) is 7.97. The van der Waals surface area contributed by atoms with Crippen LogP contribution in [0.3, 0.4) is 0 Å². The first-order valence-corrected chi connectivity index (χ1v) is 9.83. The number of hydrogen-bond acceptors (Lipinski definition) is 5. The molecule has 1 aromatic carbocycles. The van der Waals surface area contributed by atoms with E-state index in [9.17, 15) is 4.79 Å². The van der Waals surface area contributed by atoms with Crippen LogP contribution in [-0.4, -0.2) is 33.0 Å². The zero-order chi connectivity index (χ0) is 17.2. The number of nitrogens with one attached hydrogen (secondary N) is 1. The molecular weight excluding hydrogens is 336 g/mol. The number of ether oxygens (including phenoxy) is 1. The van der Waals surface area contributed by atoms with Gasteiger partial charge in [0.1, 0.15) is 11.6 Å². The predicted molar refractivity (Wildman–Crippen MR) is 97.2 cm³/mol. The lowest BCUT2D eigenvalue weighted by Gasteiger charge is -2.09. The lowest BCUT2D eigenvalue weighted by atomic mass is 10.3. The van der Waals surface area contributed by atoms with E-state index in [0.29, 0.717) is 24.3 Å². The Morgan fingerprint density at radius 2 is 2.00 bits per heavy atom. The van der Waals surface area contributed by atoms with Gasteiger partial charge in [-0.05, 0) is 56.9 Å². The molecule has 25 heavy (non-hydrogen) atoms. The first-order chi connectivity index (χ1) is 12.2. The van der Waals surface area contributed by atoms with E-state index < -0.39 is 0 Å². The minimum Gasteiger partial charge on any atom is -0.494 e. The summed E-state index contributed by atoms with van der Waals surface area (Å²) < 4.78 is 7.67. The highest BCUT2D eigenvalue weighted by molar-refractivity contribution is 7.99. The second kappa shape index (κ2) is 7.07. The Morgan fingerprint density at radius 3 is 2.64 bits per heavy atom. The van der Waals surface area contributed by atoms with Crippen LogP contribution < -0.4 is 10.1 Å². The smallest absolute Gasteiger partial charge is 0.234 e. The lowest BCUT2D eigenvalue weighted by molar-refractivity contribution is -0.113. The SMILES string of the molecule is CCOc1ccc(NC(=O)CSc2nnc(C3CC3)n2C2CC2)cc1. The number of nitrogens with zero attached hydrogens (tertiary/aromatic N) is 3. The van der Waals surface area contributed by atoms with E-state index in [0.717, 1.165) is 22.4 Å². The molecule has 2 aliphatic carbocycles. The molecule has 1 aromatic heterocycles. The predicted octanol–water partition coefficient (Wildman–Crippen LogP) is 3.62. The Kier molecular flexibility index (Phi) is 4.65. The van der Waals surface area contributed by atoms with Gasteiger partial charge in [-0.25, -0.2) is 0 Å². The second-order valence-electron chi connectivity index (χ2n) is 6.51. The van der Waals surface area contributed by atoms with Crippen molar-refractivity contribution >= 4 is 23.4 Å². The Bertz CT molecular complexity index is 751. The van der Waals surface area contributed by atoms with Crippen LogP contribution in [0.1, 0.15) is 50.4 Å². The number of rotatable bonds is 8. The Balaban J connectivity index is 1.34. The molecular formula is C18H22N4O2S. The third-order valence-corrected chi connectivity index (χ3v) is 5.27. The summed E-state index contributed by atoms with van der Waals surface area (Å²) in [5.41, 5.74) is 0.774. The van der Waals surface area contributed by atoms with Crippen LogP contribution in [0.5, 0.6) is 5.75 Å². The quantitative estimate of drug-likeness (QED) is 0.730. The molecule has 2 saturated carbocycles. The molecule has 6 nitrogen and oxygen atoms in total. The third-order valence-electron chi connectivity index (χ3n) is 4.33. The normalized spacial score (nSPS) is 16.7. The van der Waals surface area contributed by atoms with Gasteiger partial charge in [0, 0.05) is 17.6 Å². The zero-order valence-corrected chi connectivity index (χ0v) is 15.1. The number of carbonyl (C=O) groups excluding carboxylic acids is 1. The van der Waals surface area contributed by atoms with Crippen LogP contribution in [0.2, 0.25) is 0 Å². The number of benzene rings is 1. The molecule has 0 radical (unpaired) electrons. The highest BCUT2D eigenvalue weighted by atomic mass is 32.2. The monoisotopic (exact) mass is 358 g/mol. The van der Waals surface area contributed by atoms with Gasteiger partial charge in [0.25, 0.3) is 0 Å².